The van der Waals surface area contributed by atoms with Crippen LogP contribution in [0.4, 0.5) is 0 Å². The highest BCUT2D eigenvalue weighted by Gasteiger charge is 2.18. The van der Waals surface area contributed by atoms with Crippen LogP contribution in [-0.2, 0) is 4.79 Å². The van der Waals surface area contributed by atoms with Crippen molar-refractivity contribution in [3.05, 3.63) is 0 Å². The molecule has 0 radical (unpaired) electrons. The Labute approximate surface area is 80.7 Å². The third-order valence-electron chi connectivity index (χ3n) is 2.30. The van der Waals surface area contributed by atoms with Gasteiger partial charge in [0.05, 0.1) is 0 Å². The molecule has 1 fully saturated rings. The van der Waals surface area contributed by atoms with Gasteiger partial charge in [-0.15, -0.1) is 0 Å². The van der Waals surface area contributed by atoms with Gasteiger partial charge in [-0.3, -0.25) is 4.79 Å². The number of carboxylic acid groups (broad SMARTS) is 1. The Morgan fingerprint density at radius 3 is 2.23 bits per heavy atom. The van der Waals surface area contributed by atoms with Crippen LogP contribution in [-0.4, -0.2) is 36.1 Å². The van der Waals surface area contributed by atoms with Crippen LogP contribution in [0.2, 0.25) is 0 Å². The average Bonchev–Trinajstić information content (AvgIpc) is 2.12. The monoisotopic (exact) mass is 187 g/mol. The van der Waals surface area contributed by atoms with Gasteiger partial charge in [-0.05, 0) is 38.9 Å². The highest BCUT2D eigenvalue weighted by molar-refractivity contribution is 5.67. The van der Waals surface area contributed by atoms with Crippen molar-refractivity contribution in [2.75, 3.05) is 20.1 Å². The number of carboxylic acids is 1. The summed E-state index contributed by atoms with van der Waals surface area (Å²) in [4.78, 5) is 12.6. The van der Waals surface area contributed by atoms with E-state index in [2.05, 4.69) is 11.9 Å². The van der Waals surface area contributed by atoms with Crippen molar-refractivity contribution < 1.29 is 9.90 Å². The maximum atomic E-state index is 10.3. The number of piperidine rings is 1. The molecule has 1 heterocycles. The summed E-state index contributed by atoms with van der Waals surface area (Å²) in [5, 5.41) is 8.52. The second-order valence-corrected chi connectivity index (χ2v) is 3.34. The maximum absolute atomic E-state index is 10.3. The number of hydrogen-bond acceptors (Lipinski definition) is 2. The van der Waals surface area contributed by atoms with Gasteiger partial charge in [-0.25, -0.2) is 0 Å². The number of nitrogens with zero attached hydrogens (tertiary/aromatic N) is 1. The lowest BCUT2D eigenvalue weighted by molar-refractivity contribution is -0.138. The molecule has 0 aromatic rings. The molecule has 13 heavy (non-hydrogen) atoms. The van der Waals surface area contributed by atoms with Crippen LogP contribution < -0.4 is 0 Å². The van der Waals surface area contributed by atoms with Crippen LogP contribution >= 0.6 is 0 Å². The number of carbonyl (C=O) groups is 1. The Kier molecular flexibility index (Phi) is 6.59. The van der Waals surface area contributed by atoms with E-state index in [1.54, 1.807) is 0 Å². The van der Waals surface area contributed by atoms with Crippen molar-refractivity contribution in [3.63, 3.8) is 0 Å². The molecule has 0 saturated carbocycles. The van der Waals surface area contributed by atoms with Crippen LogP contribution in [0.5, 0.6) is 0 Å². The van der Waals surface area contributed by atoms with E-state index in [4.69, 9.17) is 5.11 Å². The quantitative estimate of drug-likeness (QED) is 0.717. The molecule has 1 aliphatic rings. The summed E-state index contributed by atoms with van der Waals surface area (Å²) in [5.74, 6) is -0.233. The molecular weight excluding hydrogens is 166 g/mol. The minimum Gasteiger partial charge on any atom is -0.481 e. The molecule has 0 aromatic carbocycles. The smallest absolute Gasteiger partial charge is 0.303 e. The molecule has 0 atom stereocenters. The van der Waals surface area contributed by atoms with Gasteiger partial charge in [-0.1, -0.05) is 13.8 Å². The van der Waals surface area contributed by atoms with Crippen molar-refractivity contribution in [2.24, 2.45) is 5.92 Å². The molecule has 1 N–H and O–H groups in total. The third kappa shape index (κ3) is 5.64. The van der Waals surface area contributed by atoms with Gasteiger partial charge in [0.15, 0.2) is 0 Å². The molecule has 0 amide bonds. The van der Waals surface area contributed by atoms with Crippen molar-refractivity contribution in [3.8, 4) is 0 Å². The molecule has 1 aliphatic heterocycles. The van der Waals surface area contributed by atoms with Gasteiger partial charge in [0, 0.05) is 6.42 Å². The van der Waals surface area contributed by atoms with Gasteiger partial charge in [0.25, 0.3) is 0 Å². The van der Waals surface area contributed by atoms with Gasteiger partial charge < -0.3 is 10.0 Å². The first-order chi connectivity index (χ1) is 6.18. The zero-order valence-electron chi connectivity index (χ0n) is 8.92. The van der Waals surface area contributed by atoms with E-state index < -0.39 is 5.97 Å². The first kappa shape index (κ1) is 12.4. The summed E-state index contributed by atoms with van der Waals surface area (Å²) < 4.78 is 0. The average molecular weight is 187 g/mol. The van der Waals surface area contributed by atoms with E-state index in [1.807, 2.05) is 13.8 Å². The third-order valence-corrected chi connectivity index (χ3v) is 2.30. The fraction of sp³-hybridized carbons (Fsp3) is 0.900. The summed E-state index contributed by atoms with van der Waals surface area (Å²) in [7, 11) is 2.08. The molecule has 0 bridgehead atoms. The minimum absolute atomic E-state index is 0.355. The standard InChI is InChI=1S/C8H15NO2.C2H6/c1-9-4-2-7(3-5-9)6-8(10)11;1-2/h7H,2-6H2,1H3,(H,10,11);1-2H3. The van der Waals surface area contributed by atoms with Crippen molar-refractivity contribution in [1.29, 1.82) is 0 Å². The van der Waals surface area contributed by atoms with Crippen LogP contribution in [0.15, 0.2) is 0 Å². The molecule has 0 spiro atoms. The second kappa shape index (κ2) is 6.89. The predicted octanol–water partition coefficient (Wildman–Crippen LogP) is 1.83. The molecule has 3 heteroatoms. The van der Waals surface area contributed by atoms with Gasteiger partial charge in [0.1, 0.15) is 0 Å². The molecular formula is C10H21NO2. The van der Waals surface area contributed by atoms with Gasteiger partial charge in [0.2, 0.25) is 0 Å². The van der Waals surface area contributed by atoms with E-state index in [-0.39, 0.29) is 0 Å². The van der Waals surface area contributed by atoms with Crippen LogP contribution in [0.3, 0.4) is 0 Å². The molecule has 3 nitrogen and oxygen atoms in total. The molecule has 1 saturated heterocycles. The SMILES string of the molecule is CC.CN1CCC(CC(=O)O)CC1. The van der Waals surface area contributed by atoms with Gasteiger partial charge >= 0.3 is 5.97 Å². The van der Waals surface area contributed by atoms with Crippen molar-refractivity contribution in [1.82, 2.24) is 4.90 Å². The Balaban J connectivity index is 0.000000671. The zero-order valence-corrected chi connectivity index (χ0v) is 8.92. The van der Waals surface area contributed by atoms with Crippen molar-refractivity contribution in [2.45, 2.75) is 33.1 Å². The summed E-state index contributed by atoms with van der Waals surface area (Å²) >= 11 is 0. The van der Waals surface area contributed by atoms with Gasteiger partial charge in [-0.2, -0.15) is 0 Å². The second-order valence-electron chi connectivity index (χ2n) is 3.34. The summed E-state index contributed by atoms with van der Waals surface area (Å²) in [6.45, 7) is 6.11. The molecule has 1 rings (SSSR count). The summed E-state index contributed by atoms with van der Waals surface area (Å²) in [6, 6.07) is 0. The topological polar surface area (TPSA) is 40.5 Å². The highest BCUT2D eigenvalue weighted by Crippen LogP contribution is 2.18. The largest absolute Gasteiger partial charge is 0.481 e. The maximum Gasteiger partial charge on any atom is 0.303 e. The first-order valence-corrected chi connectivity index (χ1v) is 5.09. The Hall–Kier alpha value is -0.570. The van der Waals surface area contributed by atoms with Crippen LogP contribution in [0, 0.1) is 5.92 Å². The molecule has 0 aliphatic carbocycles. The predicted molar refractivity (Wildman–Crippen MR) is 53.8 cm³/mol. The zero-order chi connectivity index (χ0) is 10.3. The molecule has 78 valence electrons. The number of likely N-dealkylation sites (tertiary alicyclic amines) is 1. The normalized spacial score (nSPS) is 19.0. The Morgan fingerprint density at radius 1 is 1.38 bits per heavy atom. The van der Waals surface area contributed by atoms with E-state index in [0.29, 0.717) is 12.3 Å². The van der Waals surface area contributed by atoms with Crippen LogP contribution in [0.25, 0.3) is 0 Å². The van der Waals surface area contributed by atoms with Crippen molar-refractivity contribution >= 4 is 5.97 Å². The van der Waals surface area contributed by atoms with Crippen LogP contribution in [0.1, 0.15) is 33.1 Å². The first-order valence-electron chi connectivity index (χ1n) is 5.09. The number of rotatable bonds is 2. The van der Waals surface area contributed by atoms with E-state index in [9.17, 15) is 4.79 Å². The number of hydrogen-bond donors (Lipinski definition) is 1. The summed E-state index contributed by atoms with van der Waals surface area (Å²) in [5.41, 5.74) is 0. The lowest BCUT2D eigenvalue weighted by Gasteiger charge is -2.27. The fourth-order valence-electron chi connectivity index (χ4n) is 1.51. The minimum atomic E-state index is -0.653. The van der Waals surface area contributed by atoms with E-state index >= 15 is 0 Å². The fourth-order valence-corrected chi connectivity index (χ4v) is 1.51. The lowest BCUT2D eigenvalue weighted by atomic mass is 9.94. The lowest BCUT2D eigenvalue weighted by Crippen LogP contribution is -2.31. The van der Waals surface area contributed by atoms with E-state index in [1.165, 1.54) is 0 Å². The van der Waals surface area contributed by atoms with E-state index in [0.717, 1.165) is 25.9 Å². The highest BCUT2D eigenvalue weighted by atomic mass is 16.4. The Bertz CT molecular complexity index is 140. The Morgan fingerprint density at radius 2 is 1.85 bits per heavy atom. The summed E-state index contributed by atoms with van der Waals surface area (Å²) in [6.07, 6.45) is 2.44. The number of aliphatic carboxylic acids is 1. The molecule has 0 unspecified atom stereocenters. The molecule has 0 aromatic heterocycles.